The molecule has 0 saturated carbocycles. The van der Waals surface area contributed by atoms with E-state index in [0.29, 0.717) is 6.92 Å². The molecule has 0 saturated heterocycles. The summed E-state index contributed by atoms with van der Waals surface area (Å²) in [4.78, 5) is 10.8. The van der Waals surface area contributed by atoms with Crippen molar-refractivity contribution in [3.63, 3.8) is 0 Å². The molecule has 0 bridgehead atoms. The standard InChI is InChI=1S/C12H8F14O2/c1-3(2)6(27)28-7(16)9(19,20)11(23,24)12(25,26)10(21,22)8(17,18)4(13)5(14)15/h4-5,7H,1H2,2H3. The number of hydrogen-bond donors (Lipinski definition) is 0. The van der Waals surface area contributed by atoms with Crippen LogP contribution >= 0.6 is 0 Å². The molecule has 0 N–H and O–H groups in total. The van der Waals surface area contributed by atoms with Gasteiger partial charge >= 0.3 is 41.9 Å². The molecule has 0 spiro atoms. The molecule has 0 aliphatic heterocycles. The number of halogens is 14. The monoisotopic (exact) mass is 450 g/mol. The fourth-order valence-electron chi connectivity index (χ4n) is 1.36. The lowest BCUT2D eigenvalue weighted by molar-refractivity contribution is -0.423. The first-order valence-corrected chi connectivity index (χ1v) is 6.42. The van der Waals surface area contributed by atoms with Crippen LogP contribution < -0.4 is 0 Å². The van der Waals surface area contributed by atoms with Crippen molar-refractivity contribution < 1.29 is 71.0 Å². The highest BCUT2D eigenvalue weighted by molar-refractivity contribution is 5.87. The third-order valence-corrected chi connectivity index (χ3v) is 3.04. The molecular weight excluding hydrogens is 442 g/mol. The second kappa shape index (κ2) is 7.57. The van der Waals surface area contributed by atoms with Crippen molar-refractivity contribution in [1.82, 2.24) is 0 Å². The lowest BCUT2D eigenvalue weighted by Gasteiger charge is -2.40. The summed E-state index contributed by atoms with van der Waals surface area (Å²) in [5, 5.41) is 0. The van der Waals surface area contributed by atoms with Gasteiger partial charge in [-0.2, -0.15) is 48.3 Å². The molecule has 2 nitrogen and oxygen atoms in total. The highest BCUT2D eigenvalue weighted by atomic mass is 19.4. The van der Waals surface area contributed by atoms with E-state index >= 15 is 0 Å². The highest BCUT2D eigenvalue weighted by Crippen LogP contribution is 2.59. The van der Waals surface area contributed by atoms with Crippen LogP contribution in [0.5, 0.6) is 0 Å². The Morgan fingerprint density at radius 3 is 1.43 bits per heavy atom. The van der Waals surface area contributed by atoms with Crippen molar-refractivity contribution in [3.05, 3.63) is 12.2 Å². The molecule has 0 aromatic heterocycles. The Labute approximate surface area is 146 Å². The van der Waals surface area contributed by atoms with E-state index in [4.69, 9.17) is 0 Å². The van der Waals surface area contributed by atoms with Crippen LogP contribution in [0.1, 0.15) is 6.92 Å². The molecule has 0 aliphatic carbocycles. The molecule has 0 aromatic rings. The summed E-state index contributed by atoms with van der Waals surface area (Å²) < 4.78 is 184. The first-order valence-electron chi connectivity index (χ1n) is 6.42. The average molecular weight is 450 g/mol. The fourth-order valence-corrected chi connectivity index (χ4v) is 1.36. The topological polar surface area (TPSA) is 26.3 Å². The van der Waals surface area contributed by atoms with Gasteiger partial charge in [0.1, 0.15) is 0 Å². The molecule has 28 heavy (non-hydrogen) atoms. The SMILES string of the molecule is C=C(C)C(=O)OC(F)C(F)(F)C(F)(F)C(F)(F)C(F)(F)C(F)(F)C(F)C(F)F. The molecule has 0 amide bonds. The van der Waals surface area contributed by atoms with Crippen molar-refractivity contribution in [3.8, 4) is 0 Å². The van der Waals surface area contributed by atoms with Gasteiger partial charge in [-0.1, -0.05) is 6.58 Å². The van der Waals surface area contributed by atoms with Crippen LogP contribution in [-0.2, 0) is 9.53 Å². The van der Waals surface area contributed by atoms with E-state index in [9.17, 15) is 66.3 Å². The van der Waals surface area contributed by atoms with E-state index in [1.165, 1.54) is 0 Å². The maximum absolute atomic E-state index is 13.3. The molecule has 16 heteroatoms. The molecule has 2 unspecified atom stereocenters. The fraction of sp³-hybridized carbons (Fsp3) is 0.750. The maximum Gasteiger partial charge on any atom is 0.385 e. The molecule has 2 atom stereocenters. The van der Waals surface area contributed by atoms with Crippen LogP contribution in [-0.4, -0.2) is 54.5 Å². The van der Waals surface area contributed by atoms with Gasteiger partial charge in [0.2, 0.25) is 6.17 Å². The lowest BCUT2D eigenvalue weighted by atomic mass is 9.92. The van der Waals surface area contributed by atoms with Gasteiger partial charge in [-0.3, -0.25) is 0 Å². The second-order valence-corrected chi connectivity index (χ2v) is 5.21. The summed E-state index contributed by atoms with van der Waals surface area (Å²) in [6, 6.07) is 0. The molecule has 0 fully saturated rings. The number of rotatable bonds is 9. The molecule has 166 valence electrons. The Bertz CT molecular complexity index is 599. The minimum Gasteiger partial charge on any atom is -0.421 e. The molecule has 0 heterocycles. The summed E-state index contributed by atoms with van der Waals surface area (Å²) in [5.41, 5.74) is -0.956. The molecular formula is C12H8F14O2. The number of carbonyl (C=O) groups excluding carboxylic acids is 1. The van der Waals surface area contributed by atoms with Gasteiger partial charge in [-0.15, -0.1) is 0 Å². The first-order chi connectivity index (χ1) is 12.1. The average Bonchev–Trinajstić information content (AvgIpc) is 2.52. The summed E-state index contributed by atoms with van der Waals surface area (Å²) >= 11 is 0. The van der Waals surface area contributed by atoms with Crippen molar-refractivity contribution in [2.75, 3.05) is 0 Å². The molecule has 0 aromatic carbocycles. The van der Waals surface area contributed by atoms with Crippen LogP contribution in [0, 0.1) is 0 Å². The minimum atomic E-state index is -8.01. The van der Waals surface area contributed by atoms with Crippen LogP contribution in [0.4, 0.5) is 61.5 Å². The number of carbonyl (C=O) groups is 1. The maximum atomic E-state index is 13.3. The van der Waals surface area contributed by atoms with Crippen LogP contribution in [0.15, 0.2) is 12.2 Å². The Kier molecular flexibility index (Phi) is 7.09. The van der Waals surface area contributed by atoms with E-state index in [1.807, 2.05) is 0 Å². The summed E-state index contributed by atoms with van der Waals surface area (Å²) in [5.74, 6) is -40.3. The number of ether oxygens (including phenoxy) is 1. The smallest absolute Gasteiger partial charge is 0.385 e. The van der Waals surface area contributed by atoms with Crippen LogP contribution in [0.25, 0.3) is 0 Å². The normalized spacial score (nSPS) is 16.7. The van der Waals surface area contributed by atoms with Gasteiger partial charge in [-0.25, -0.2) is 18.0 Å². The summed E-state index contributed by atoms with van der Waals surface area (Å²) in [7, 11) is 0. The molecule has 0 aliphatic rings. The number of alkyl halides is 14. The van der Waals surface area contributed by atoms with Gasteiger partial charge < -0.3 is 4.74 Å². The molecule has 0 rings (SSSR count). The van der Waals surface area contributed by atoms with E-state index in [-0.39, 0.29) is 0 Å². The predicted molar refractivity (Wildman–Crippen MR) is 61.4 cm³/mol. The van der Waals surface area contributed by atoms with Gasteiger partial charge in [0.25, 0.3) is 6.43 Å². The zero-order chi connectivity index (χ0) is 23.1. The van der Waals surface area contributed by atoms with Gasteiger partial charge in [0.05, 0.1) is 0 Å². The Hall–Kier alpha value is -1.77. The number of esters is 1. The van der Waals surface area contributed by atoms with E-state index in [0.717, 1.165) is 0 Å². The van der Waals surface area contributed by atoms with Crippen LogP contribution in [0.2, 0.25) is 0 Å². The Morgan fingerprint density at radius 1 is 0.750 bits per heavy atom. The second-order valence-electron chi connectivity index (χ2n) is 5.21. The van der Waals surface area contributed by atoms with E-state index in [1.54, 1.807) is 0 Å². The predicted octanol–water partition coefficient (Wildman–Crippen LogP) is 5.18. The van der Waals surface area contributed by atoms with Gasteiger partial charge in [0, 0.05) is 5.57 Å². The van der Waals surface area contributed by atoms with Crippen molar-refractivity contribution in [2.45, 2.75) is 55.5 Å². The summed E-state index contributed by atoms with van der Waals surface area (Å²) in [6.45, 7) is 3.28. The first kappa shape index (κ1) is 26.2. The van der Waals surface area contributed by atoms with Crippen molar-refractivity contribution in [1.29, 1.82) is 0 Å². The van der Waals surface area contributed by atoms with E-state index < -0.39 is 60.1 Å². The van der Waals surface area contributed by atoms with E-state index in [2.05, 4.69) is 11.3 Å². The lowest BCUT2D eigenvalue weighted by Crippen LogP contribution is -2.71. The Morgan fingerprint density at radius 2 is 1.11 bits per heavy atom. The summed E-state index contributed by atoms with van der Waals surface area (Å²) in [6.07, 6.45) is -15.7. The minimum absolute atomic E-state index is 0.625. The van der Waals surface area contributed by atoms with Crippen LogP contribution in [0.3, 0.4) is 0 Å². The Balaban J connectivity index is 6.21. The molecule has 0 radical (unpaired) electrons. The van der Waals surface area contributed by atoms with Crippen molar-refractivity contribution in [2.24, 2.45) is 0 Å². The largest absolute Gasteiger partial charge is 0.421 e. The third kappa shape index (κ3) is 3.86. The van der Waals surface area contributed by atoms with Crippen molar-refractivity contribution >= 4 is 5.97 Å². The highest BCUT2D eigenvalue weighted by Gasteiger charge is 2.89. The van der Waals surface area contributed by atoms with Gasteiger partial charge in [-0.05, 0) is 6.92 Å². The number of hydrogen-bond acceptors (Lipinski definition) is 2. The zero-order valence-electron chi connectivity index (χ0n) is 13.0. The quantitative estimate of drug-likeness (QED) is 0.275. The third-order valence-electron chi connectivity index (χ3n) is 3.04. The zero-order valence-corrected chi connectivity index (χ0v) is 13.0. The van der Waals surface area contributed by atoms with Gasteiger partial charge in [0.15, 0.2) is 0 Å².